The zero-order valence-corrected chi connectivity index (χ0v) is 19.5. The molecule has 0 aliphatic heterocycles. The van der Waals surface area contributed by atoms with Crippen molar-refractivity contribution >= 4 is 33.5 Å². The molecule has 0 aliphatic carbocycles. The van der Waals surface area contributed by atoms with Crippen LogP contribution in [0.1, 0.15) is 26.7 Å². The highest BCUT2D eigenvalue weighted by molar-refractivity contribution is 9.10. The molecule has 0 unspecified atom stereocenters. The minimum Gasteiger partial charge on any atom is -0.294 e. The summed E-state index contributed by atoms with van der Waals surface area (Å²) in [6.45, 7) is 2.53. The molecule has 4 nitrogen and oxygen atoms in total. The normalized spacial score (nSPS) is 13.0. The highest BCUT2D eigenvalue weighted by atomic mass is 79.9. The van der Waals surface area contributed by atoms with Crippen molar-refractivity contribution < 1.29 is 4.79 Å². The maximum Gasteiger partial charge on any atom is 0.169 e. The summed E-state index contributed by atoms with van der Waals surface area (Å²) in [7, 11) is 0. The molecule has 0 N–H and O–H groups in total. The van der Waals surface area contributed by atoms with Gasteiger partial charge in [-0.05, 0) is 36.8 Å². The van der Waals surface area contributed by atoms with Gasteiger partial charge in [-0.1, -0.05) is 76.1 Å². The Morgan fingerprint density at radius 3 is 2.35 bits per heavy atom. The molecule has 0 aliphatic rings. The van der Waals surface area contributed by atoms with E-state index in [0.717, 1.165) is 14.9 Å². The number of hydrogen-bond donors (Lipinski definition) is 0. The van der Waals surface area contributed by atoms with Gasteiger partial charge >= 0.3 is 0 Å². The number of benzene rings is 3. The Labute approximate surface area is 194 Å². The predicted octanol–water partition coefficient (Wildman–Crippen LogP) is 6.38. The number of aryl methyl sites for hydroxylation is 1. The second kappa shape index (κ2) is 10.1. The number of nitrogens with zero attached hydrogens (tertiary/aromatic N) is 3. The van der Waals surface area contributed by atoms with Crippen LogP contribution in [0.15, 0.2) is 101 Å². The van der Waals surface area contributed by atoms with Crippen LogP contribution >= 0.6 is 27.7 Å². The van der Waals surface area contributed by atoms with Gasteiger partial charge in [0.1, 0.15) is 12.7 Å². The molecule has 4 rings (SSSR count). The quantitative estimate of drug-likeness (QED) is 0.212. The molecule has 3 aromatic carbocycles. The van der Waals surface area contributed by atoms with Crippen molar-refractivity contribution in [3.05, 3.63) is 113 Å². The molecule has 1 aromatic heterocycles. The van der Waals surface area contributed by atoms with E-state index < -0.39 is 0 Å². The molecule has 156 valence electrons. The Morgan fingerprint density at radius 2 is 1.71 bits per heavy atom. The van der Waals surface area contributed by atoms with E-state index in [2.05, 4.69) is 69.3 Å². The van der Waals surface area contributed by atoms with Crippen molar-refractivity contribution in [2.24, 2.45) is 5.92 Å². The molecule has 6 heteroatoms. The molecule has 0 spiro atoms. The molecule has 4 aromatic rings. The summed E-state index contributed by atoms with van der Waals surface area (Å²) in [6.07, 6.45) is 3.17. The molecule has 0 saturated carbocycles. The minimum absolute atomic E-state index is 0.0794. The fraction of sp³-hybridized carbons (Fsp3) is 0.160. The Morgan fingerprint density at radius 1 is 1.00 bits per heavy atom. The van der Waals surface area contributed by atoms with E-state index in [1.54, 1.807) is 22.8 Å². The maximum absolute atomic E-state index is 13.8. The van der Waals surface area contributed by atoms with Gasteiger partial charge in [-0.2, -0.15) is 5.10 Å². The van der Waals surface area contributed by atoms with Crippen LogP contribution < -0.4 is 0 Å². The number of hydrogen-bond acceptors (Lipinski definition) is 4. The molecule has 0 amide bonds. The van der Waals surface area contributed by atoms with Gasteiger partial charge < -0.3 is 0 Å². The third-order valence-corrected chi connectivity index (χ3v) is 7.02. The maximum atomic E-state index is 13.8. The molecule has 0 radical (unpaired) electrons. The molecule has 0 saturated heterocycles. The Hall–Kier alpha value is -2.70. The van der Waals surface area contributed by atoms with E-state index in [1.807, 2.05) is 42.5 Å². The number of carbonyl (C=O) groups excluding carboxylic acids is 1. The van der Waals surface area contributed by atoms with Crippen molar-refractivity contribution in [2.75, 3.05) is 0 Å². The smallest absolute Gasteiger partial charge is 0.169 e. The zero-order valence-electron chi connectivity index (χ0n) is 17.1. The van der Waals surface area contributed by atoms with Gasteiger partial charge in [0.2, 0.25) is 0 Å². The number of rotatable bonds is 8. The standard InChI is InChI=1S/C25H22BrN3OS/c1-18-7-13-22(14-8-18)31-25(20-5-3-2-4-6-20)23(15-29-17-27-16-28-29)24(30)19-9-11-21(26)12-10-19/h2-14,16-17,23,25H,15H2,1H3/t23-,25-/m0/s1. The van der Waals surface area contributed by atoms with Gasteiger partial charge in [-0.15, -0.1) is 11.8 Å². The number of carbonyl (C=O) groups is 1. The predicted molar refractivity (Wildman–Crippen MR) is 128 cm³/mol. The first kappa shape index (κ1) is 21.5. The molecule has 31 heavy (non-hydrogen) atoms. The van der Waals surface area contributed by atoms with E-state index in [-0.39, 0.29) is 17.0 Å². The van der Waals surface area contributed by atoms with Crippen LogP contribution in [0.2, 0.25) is 0 Å². The molecule has 1 heterocycles. The van der Waals surface area contributed by atoms with Crippen LogP contribution in [0.25, 0.3) is 0 Å². The average molecular weight is 492 g/mol. The summed E-state index contributed by atoms with van der Waals surface area (Å²) in [5.74, 6) is -0.229. The van der Waals surface area contributed by atoms with E-state index in [0.29, 0.717) is 12.1 Å². The number of ketones is 1. The van der Waals surface area contributed by atoms with Crippen molar-refractivity contribution in [1.82, 2.24) is 14.8 Å². The van der Waals surface area contributed by atoms with Crippen LogP contribution in [-0.4, -0.2) is 20.5 Å². The van der Waals surface area contributed by atoms with Crippen LogP contribution in [-0.2, 0) is 6.54 Å². The summed E-state index contributed by atoms with van der Waals surface area (Å²) in [5, 5.41) is 4.20. The molecular weight excluding hydrogens is 470 g/mol. The van der Waals surface area contributed by atoms with Gasteiger partial charge in [-0.25, -0.2) is 4.98 Å². The number of Topliss-reactive ketones (excluding diaryl/α,β-unsaturated/α-hetero) is 1. The van der Waals surface area contributed by atoms with E-state index in [1.165, 1.54) is 11.9 Å². The lowest BCUT2D eigenvalue weighted by Gasteiger charge is -2.26. The summed E-state index contributed by atoms with van der Waals surface area (Å²) < 4.78 is 2.69. The first-order valence-corrected chi connectivity index (χ1v) is 11.7. The van der Waals surface area contributed by atoms with Gasteiger partial charge in [0.25, 0.3) is 0 Å². The SMILES string of the molecule is Cc1ccc(S[C@@H](c2ccccc2)[C@@H](Cn2cncn2)C(=O)c2ccc(Br)cc2)cc1. The monoisotopic (exact) mass is 491 g/mol. The van der Waals surface area contributed by atoms with Gasteiger partial charge in [0, 0.05) is 20.2 Å². The van der Waals surface area contributed by atoms with E-state index in [9.17, 15) is 4.79 Å². The van der Waals surface area contributed by atoms with Crippen LogP contribution in [0.5, 0.6) is 0 Å². The summed E-state index contributed by atoms with van der Waals surface area (Å²) in [4.78, 5) is 19.0. The lowest BCUT2D eigenvalue weighted by molar-refractivity contribution is 0.0901. The van der Waals surface area contributed by atoms with E-state index in [4.69, 9.17) is 0 Å². The van der Waals surface area contributed by atoms with Crippen LogP contribution in [0.4, 0.5) is 0 Å². The average Bonchev–Trinajstić information content (AvgIpc) is 3.31. The highest BCUT2D eigenvalue weighted by Crippen LogP contribution is 2.42. The van der Waals surface area contributed by atoms with E-state index >= 15 is 0 Å². The summed E-state index contributed by atoms with van der Waals surface area (Å²) in [5.41, 5.74) is 3.02. The zero-order chi connectivity index (χ0) is 21.6. The van der Waals surface area contributed by atoms with Gasteiger partial charge in [0.05, 0.1) is 12.5 Å². The van der Waals surface area contributed by atoms with Gasteiger partial charge in [-0.3, -0.25) is 9.48 Å². The summed E-state index contributed by atoms with van der Waals surface area (Å²) >= 11 is 5.17. The van der Waals surface area contributed by atoms with Crippen molar-refractivity contribution in [3.63, 3.8) is 0 Å². The van der Waals surface area contributed by atoms with Crippen molar-refractivity contribution in [2.45, 2.75) is 23.6 Å². The van der Waals surface area contributed by atoms with Crippen LogP contribution in [0, 0.1) is 12.8 Å². The lowest BCUT2D eigenvalue weighted by atomic mass is 9.90. The third kappa shape index (κ3) is 5.51. The van der Waals surface area contributed by atoms with Crippen molar-refractivity contribution in [1.29, 1.82) is 0 Å². The Balaban J connectivity index is 1.75. The summed E-state index contributed by atoms with van der Waals surface area (Å²) in [6, 6.07) is 26.2. The highest BCUT2D eigenvalue weighted by Gasteiger charge is 2.32. The number of halogens is 1. The fourth-order valence-corrected chi connectivity index (χ4v) is 4.98. The first-order chi connectivity index (χ1) is 15.1. The molecule has 0 bridgehead atoms. The number of aromatic nitrogens is 3. The fourth-order valence-electron chi connectivity index (χ4n) is 3.46. The van der Waals surface area contributed by atoms with Gasteiger partial charge in [0.15, 0.2) is 5.78 Å². The molecule has 0 fully saturated rings. The third-order valence-electron chi connectivity index (χ3n) is 5.09. The lowest BCUT2D eigenvalue weighted by Crippen LogP contribution is -2.26. The largest absolute Gasteiger partial charge is 0.294 e. The first-order valence-electron chi connectivity index (χ1n) is 10.0. The molecule has 2 atom stereocenters. The Kier molecular flexibility index (Phi) is 6.99. The Bertz CT molecular complexity index is 1110. The topological polar surface area (TPSA) is 47.8 Å². The van der Waals surface area contributed by atoms with Crippen molar-refractivity contribution in [3.8, 4) is 0 Å². The minimum atomic E-state index is -0.323. The second-order valence-electron chi connectivity index (χ2n) is 7.36. The molecular formula is C25H22BrN3OS. The number of thioether (sulfide) groups is 1. The van der Waals surface area contributed by atoms with Crippen LogP contribution in [0.3, 0.4) is 0 Å². The second-order valence-corrected chi connectivity index (χ2v) is 9.49.